The molecule has 0 fully saturated rings. The second-order valence-corrected chi connectivity index (χ2v) is 7.15. The first-order valence-corrected chi connectivity index (χ1v) is 8.40. The monoisotopic (exact) mass is 400 g/mol. The fourth-order valence-electron chi connectivity index (χ4n) is 1.92. The smallest absolute Gasteiger partial charge is 0.281 e. The molecule has 2 aromatic heterocycles. The van der Waals surface area contributed by atoms with E-state index >= 15 is 0 Å². The molecule has 0 aliphatic carbocycles. The van der Waals surface area contributed by atoms with Crippen LogP contribution < -0.4 is 10.9 Å². The van der Waals surface area contributed by atoms with Crippen molar-refractivity contribution in [1.29, 1.82) is 0 Å². The van der Waals surface area contributed by atoms with Gasteiger partial charge in [0.15, 0.2) is 5.58 Å². The Kier molecular flexibility index (Phi) is 4.91. The topological polar surface area (TPSA) is 71.7 Å². The van der Waals surface area contributed by atoms with Gasteiger partial charge in [-0.25, -0.2) is 5.43 Å². The van der Waals surface area contributed by atoms with Gasteiger partial charge in [-0.2, -0.15) is 5.10 Å². The summed E-state index contributed by atoms with van der Waals surface area (Å²) in [7, 11) is 0. The van der Waals surface area contributed by atoms with E-state index in [1.54, 1.807) is 12.1 Å². The summed E-state index contributed by atoms with van der Waals surface area (Å²) in [5.41, 5.74) is 2.33. The minimum atomic E-state index is -0.431. The summed E-state index contributed by atoms with van der Waals surface area (Å²) in [6.45, 7) is 0. The van der Waals surface area contributed by atoms with Crippen LogP contribution in [0.1, 0.15) is 15.2 Å². The van der Waals surface area contributed by atoms with Crippen molar-refractivity contribution in [1.82, 2.24) is 5.43 Å². The van der Waals surface area contributed by atoms with Crippen LogP contribution in [0.3, 0.4) is 0 Å². The lowest BCUT2D eigenvalue weighted by molar-refractivity contribution is 0.0959. The largest absolute Gasteiger partial charge is 0.462 e. The van der Waals surface area contributed by atoms with Gasteiger partial charge in [-0.3, -0.25) is 9.59 Å². The average Bonchev–Trinajstić information content (AvgIpc) is 2.96. The molecule has 1 aromatic carbocycles. The van der Waals surface area contributed by atoms with Crippen LogP contribution in [0.5, 0.6) is 0 Å². The number of halogens is 3. The Hall–Kier alpha value is -1.86. The molecule has 9 heteroatoms. The number of carbonyl (C=O) groups is 1. The lowest BCUT2D eigenvalue weighted by atomic mass is 10.2. The maximum atomic E-state index is 12.4. The zero-order valence-corrected chi connectivity index (χ0v) is 14.8. The van der Waals surface area contributed by atoms with E-state index in [-0.39, 0.29) is 27.0 Å². The zero-order chi connectivity index (χ0) is 17.3. The molecule has 0 saturated carbocycles. The number of nitrogens with zero attached hydrogens (tertiary/aromatic N) is 1. The molecule has 3 aromatic rings. The Morgan fingerprint density at radius 1 is 1.25 bits per heavy atom. The van der Waals surface area contributed by atoms with Crippen molar-refractivity contribution >= 4 is 69.2 Å². The molecule has 0 bridgehead atoms. The van der Waals surface area contributed by atoms with Crippen LogP contribution in [0.4, 0.5) is 0 Å². The predicted molar refractivity (Wildman–Crippen MR) is 96.9 cm³/mol. The highest BCUT2D eigenvalue weighted by Crippen LogP contribution is 2.26. The van der Waals surface area contributed by atoms with Gasteiger partial charge in [0, 0.05) is 5.02 Å². The first kappa shape index (κ1) is 17.0. The zero-order valence-electron chi connectivity index (χ0n) is 11.7. The van der Waals surface area contributed by atoms with Crippen LogP contribution in [-0.4, -0.2) is 12.1 Å². The first-order chi connectivity index (χ1) is 11.5. The van der Waals surface area contributed by atoms with Crippen molar-refractivity contribution in [2.45, 2.75) is 0 Å². The fraction of sp³-hybridized carbons (Fsp3) is 0. The number of nitrogens with one attached hydrogen (secondary N) is 1. The van der Waals surface area contributed by atoms with E-state index in [4.69, 9.17) is 39.2 Å². The molecule has 0 atom stereocenters. The highest BCUT2D eigenvalue weighted by atomic mass is 35.5. The number of thiophene rings is 1. The van der Waals surface area contributed by atoms with Gasteiger partial charge in [0.2, 0.25) is 5.43 Å². The fourth-order valence-corrected chi connectivity index (χ4v) is 3.39. The Balaban J connectivity index is 1.86. The van der Waals surface area contributed by atoms with Crippen LogP contribution in [0.15, 0.2) is 44.8 Å². The second kappa shape index (κ2) is 6.94. The van der Waals surface area contributed by atoms with Crippen molar-refractivity contribution in [2.75, 3.05) is 0 Å². The minimum Gasteiger partial charge on any atom is -0.462 e. The maximum absolute atomic E-state index is 12.4. The van der Waals surface area contributed by atoms with Crippen LogP contribution in [0.2, 0.25) is 14.4 Å². The second-order valence-electron chi connectivity index (χ2n) is 4.59. The predicted octanol–water partition coefficient (Wildman–Crippen LogP) is 4.58. The number of carbonyl (C=O) groups excluding carboxylic acids is 1. The Labute approximate surface area is 154 Å². The SMILES string of the molecule is O=C(N/N=C/c1coc2c(Cl)cc(Cl)cc2c1=O)c1ccc(Cl)s1. The molecule has 5 nitrogen and oxygen atoms in total. The van der Waals surface area contributed by atoms with Crippen molar-refractivity contribution in [3.8, 4) is 0 Å². The van der Waals surface area contributed by atoms with Gasteiger partial charge in [-0.15, -0.1) is 11.3 Å². The minimum absolute atomic E-state index is 0.144. The number of fused-ring (bicyclic) bond motifs is 1. The number of hydrazone groups is 1. The van der Waals surface area contributed by atoms with Crippen molar-refractivity contribution in [3.63, 3.8) is 0 Å². The Morgan fingerprint density at radius 3 is 2.75 bits per heavy atom. The van der Waals surface area contributed by atoms with Crippen molar-refractivity contribution in [3.05, 3.63) is 65.6 Å². The summed E-state index contributed by atoms with van der Waals surface area (Å²) < 4.78 is 5.84. The Morgan fingerprint density at radius 2 is 2.04 bits per heavy atom. The van der Waals surface area contributed by atoms with Crippen molar-refractivity contribution < 1.29 is 9.21 Å². The van der Waals surface area contributed by atoms with Gasteiger partial charge in [0.25, 0.3) is 5.91 Å². The molecule has 0 aliphatic heterocycles. The summed E-state index contributed by atoms with van der Waals surface area (Å²) in [5, 5.41) is 4.54. The lowest BCUT2D eigenvalue weighted by Crippen LogP contribution is -2.17. The van der Waals surface area contributed by atoms with Gasteiger partial charge < -0.3 is 4.42 Å². The Bertz CT molecular complexity index is 1030. The molecule has 0 saturated heterocycles. The molecule has 24 heavy (non-hydrogen) atoms. The highest BCUT2D eigenvalue weighted by Gasteiger charge is 2.11. The molecule has 0 spiro atoms. The molecular formula is C15H7Cl3N2O3S. The summed E-state index contributed by atoms with van der Waals surface area (Å²) in [6, 6.07) is 6.12. The third-order valence-electron chi connectivity index (χ3n) is 2.99. The summed E-state index contributed by atoms with van der Waals surface area (Å²) in [5.74, 6) is -0.431. The van der Waals surface area contributed by atoms with Crippen LogP contribution in [-0.2, 0) is 0 Å². The van der Waals surface area contributed by atoms with Gasteiger partial charge in [0.05, 0.1) is 31.4 Å². The molecule has 122 valence electrons. The summed E-state index contributed by atoms with van der Waals surface area (Å²) in [4.78, 5) is 24.6. The quantitative estimate of drug-likeness (QED) is 0.516. The van der Waals surface area contributed by atoms with Gasteiger partial charge >= 0.3 is 0 Å². The van der Waals surface area contributed by atoms with E-state index in [0.29, 0.717) is 14.2 Å². The molecule has 0 unspecified atom stereocenters. The van der Waals surface area contributed by atoms with E-state index in [2.05, 4.69) is 10.5 Å². The van der Waals surface area contributed by atoms with E-state index in [1.807, 2.05) is 0 Å². The summed E-state index contributed by atoms with van der Waals surface area (Å²) in [6.07, 6.45) is 2.40. The number of amides is 1. The number of hydrogen-bond donors (Lipinski definition) is 1. The third kappa shape index (κ3) is 3.47. The molecule has 2 heterocycles. The maximum Gasteiger partial charge on any atom is 0.281 e. The van der Waals surface area contributed by atoms with E-state index in [9.17, 15) is 9.59 Å². The number of benzene rings is 1. The van der Waals surface area contributed by atoms with Gasteiger partial charge in [-0.1, -0.05) is 34.8 Å². The van der Waals surface area contributed by atoms with Crippen LogP contribution >= 0.6 is 46.1 Å². The van der Waals surface area contributed by atoms with E-state index in [1.165, 1.54) is 24.6 Å². The molecule has 1 amide bonds. The standard InChI is InChI=1S/C15H7Cl3N2O3S/c16-8-3-9-13(21)7(6-23-14(9)10(17)4-8)5-19-20-15(22)11-1-2-12(18)24-11/h1-6H,(H,20,22)/b19-5+. The molecule has 0 radical (unpaired) electrons. The lowest BCUT2D eigenvalue weighted by Gasteiger charge is -2.01. The molecule has 3 rings (SSSR count). The van der Waals surface area contributed by atoms with E-state index < -0.39 is 5.91 Å². The third-order valence-corrected chi connectivity index (χ3v) is 4.71. The van der Waals surface area contributed by atoms with Gasteiger partial charge in [-0.05, 0) is 24.3 Å². The molecule has 0 aliphatic rings. The highest BCUT2D eigenvalue weighted by molar-refractivity contribution is 7.17. The molecule has 1 N–H and O–H groups in total. The number of rotatable bonds is 3. The summed E-state index contributed by atoms with van der Waals surface area (Å²) >= 11 is 18.8. The average molecular weight is 402 g/mol. The van der Waals surface area contributed by atoms with E-state index in [0.717, 1.165) is 11.3 Å². The first-order valence-electron chi connectivity index (χ1n) is 6.45. The normalized spacial score (nSPS) is 11.3. The van der Waals surface area contributed by atoms with Crippen molar-refractivity contribution in [2.24, 2.45) is 5.10 Å². The van der Waals surface area contributed by atoms with Gasteiger partial charge in [0.1, 0.15) is 6.26 Å². The molecular weight excluding hydrogens is 395 g/mol. The van der Waals surface area contributed by atoms with Crippen LogP contribution in [0, 0.1) is 0 Å². The van der Waals surface area contributed by atoms with Crippen LogP contribution in [0.25, 0.3) is 11.0 Å². The number of hydrogen-bond acceptors (Lipinski definition) is 5.